The maximum Gasteiger partial charge on any atom is 0.256 e. The van der Waals surface area contributed by atoms with Crippen LogP contribution in [0.4, 0.5) is 10.2 Å². The Balaban J connectivity index is 1.91. The average molecular weight is 283 g/mol. The molecule has 3 aromatic rings. The van der Waals surface area contributed by atoms with Crippen LogP contribution in [0.15, 0.2) is 42.5 Å². The van der Waals surface area contributed by atoms with E-state index in [0.717, 1.165) is 22.9 Å². The Morgan fingerprint density at radius 3 is 2.71 bits per heavy atom. The van der Waals surface area contributed by atoms with Crippen molar-refractivity contribution >= 4 is 22.6 Å². The Morgan fingerprint density at radius 2 is 2.00 bits per heavy atom. The molecule has 0 aliphatic carbocycles. The van der Waals surface area contributed by atoms with Gasteiger partial charge in [-0.05, 0) is 42.3 Å². The molecule has 1 heterocycles. The summed E-state index contributed by atoms with van der Waals surface area (Å²) in [5, 5.41) is 10.7. The van der Waals surface area contributed by atoms with Gasteiger partial charge in [0.05, 0.1) is 5.52 Å². The Labute approximate surface area is 121 Å². The number of nitrogens with one attached hydrogen (secondary N) is 2. The number of nitrogens with zero attached hydrogens (tertiary/aromatic N) is 1. The molecule has 2 N–H and O–H groups in total. The molecule has 0 aliphatic heterocycles. The van der Waals surface area contributed by atoms with Gasteiger partial charge in [0.15, 0.2) is 5.82 Å². The molecule has 21 heavy (non-hydrogen) atoms. The Bertz CT molecular complexity index is 793. The molecule has 1 aromatic heterocycles. The molecule has 0 saturated carbocycles. The summed E-state index contributed by atoms with van der Waals surface area (Å²) in [6, 6.07) is 11.3. The zero-order chi connectivity index (χ0) is 14.8. The highest BCUT2D eigenvalue weighted by Gasteiger charge is 2.12. The number of aromatic nitrogens is 2. The van der Waals surface area contributed by atoms with Gasteiger partial charge in [-0.3, -0.25) is 9.89 Å². The lowest BCUT2D eigenvalue weighted by Crippen LogP contribution is -2.12. The highest BCUT2D eigenvalue weighted by atomic mass is 19.1. The summed E-state index contributed by atoms with van der Waals surface area (Å²) in [4.78, 5) is 12.1. The van der Waals surface area contributed by atoms with E-state index >= 15 is 0 Å². The van der Waals surface area contributed by atoms with E-state index in [-0.39, 0.29) is 11.7 Å². The molecule has 5 heteroatoms. The van der Waals surface area contributed by atoms with E-state index in [2.05, 4.69) is 22.4 Å². The number of aryl methyl sites for hydroxylation is 1. The van der Waals surface area contributed by atoms with Crippen LogP contribution in [0.3, 0.4) is 0 Å². The first-order valence-corrected chi connectivity index (χ1v) is 6.72. The molecule has 4 nitrogen and oxygen atoms in total. The summed E-state index contributed by atoms with van der Waals surface area (Å²) in [5.74, 6) is -0.204. The second-order valence-electron chi connectivity index (χ2n) is 4.73. The van der Waals surface area contributed by atoms with Crippen molar-refractivity contribution in [3.05, 3.63) is 59.4 Å². The molecule has 2 aromatic carbocycles. The number of benzene rings is 2. The number of rotatable bonds is 3. The zero-order valence-corrected chi connectivity index (χ0v) is 11.5. The fraction of sp³-hybridized carbons (Fsp3) is 0.125. The number of carbonyl (C=O) groups is 1. The third-order valence-corrected chi connectivity index (χ3v) is 3.40. The van der Waals surface area contributed by atoms with Crippen LogP contribution in [0, 0.1) is 5.82 Å². The minimum Gasteiger partial charge on any atom is -0.305 e. The van der Waals surface area contributed by atoms with E-state index in [0.29, 0.717) is 11.4 Å². The van der Waals surface area contributed by atoms with Crippen LogP contribution in [-0.4, -0.2) is 16.1 Å². The number of carbonyl (C=O) groups excluding carboxylic acids is 1. The topological polar surface area (TPSA) is 57.8 Å². The van der Waals surface area contributed by atoms with E-state index in [1.165, 1.54) is 24.3 Å². The molecular formula is C16H14FN3O. The lowest BCUT2D eigenvalue weighted by molar-refractivity contribution is 0.102. The monoisotopic (exact) mass is 283 g/mol. The molecule has 0 fully saturated rings. The van der Waals surface area contributed by atoms with Crippen molar-refractivity contribution in [1.82, 2.24) is 10.2 Å². The average Bonchev–Trinajstić information content (AvgIpc) is 2.91. The molecule has 0 radical (unpaired) electrons. The first kappa shape index (κ1) is 13.3. The fourth-order valence-corrected chi connectivity index (χ4v) is 2.27. The molecular weight excluding hydrogens is 269 g/mol. The molecule has 1 amide bonds. The number of fused-ring (bicyclic) bond motifs is 1. The predicted molar refractivity (Wildman–Crippen MR) is 79.8 cm³/mol. The second-order valence-corrected chi connectivity index (χ2v) is 4.73. The van der Waals surface area contributed by atoms with Gasteiger partial charge < -0.3 is 5.32 Å². The lowest BCUT2D eigenvalue weighted by atomic mass is 10.1. The smallest absolute Gasteiger partial charge is 0.256 e. The van der Waals surface area contributed by atoms with E-state index in [1.54, 1.807) is 0 Å². The molecule has 0 unspecified atom stereocenters. The van der Waals surface area contributed by atoms with Gasteiger partial charge in [-0.1, -0.05) is 19.1 Å². The second kappa shape index (κ2) is 5.36. The highest BCUT2D eigenvalue weighted by molar-refractivity contribution is 6.08. The van der Waals surface area contributed by atoms with Crippen molar-refractivity contribution in [1.29, 1.82) is 0 Å². The van der Waals surface area contributed by atoms with Gasteiger partial charge in [0.25, 0.3) is 5.91 Å². The van der Waals surface area contributed by atoms with Gasteiger partial charge in [-0.2, -0.15) is 5.10 Å². The number of para-hydroxylation sites is 1. The Morgan fingerprint density at radius 1 is 1.24 bits per heavy atom. The maximum absolute atomic E-state index is 12.9. The van der Waals surface area contributed by atoms with E-state index in [9.17, 15) is 9.18 Å². The van der Waals surface area contributed by atoms with Gasteiger partial charge in [0.1, 0.15) is 5.82 Å². The van der Waals surface area contributed by atoms with Gasteiger partial charge in [-0.25, -0.2) is 4.39 Å². The minimum atomic E-state index is -0.371. The summed E-state index contributed by atoms with van der Waals surface area (Å²) < 4.78 is 12.9. The van der Waals surface area contributed by atoms with E-state index in [4.69, 9.17) is 0 Å². The molecule has 0 bridgehead atoms. The Kier molecular flexibility index (Phi) is 3.39. The predicted octanol–water partition coefficient (Wildman–Crippen LogP) is 3.52. The quantitative estimate of drug-likeness (QED) is 0.772. The number of H-pyrrole nitrogens is 1. The van der Waals surface area contributed by atoms with Crippen molar-refractivity contribution in [3.63, 3.8) is 0 Å². The minimum absolute atomic E-state index is 0.315. The number of anilines is 1. The molecule has 0 saturated heterocycles. The van der Waals surface area contributed by atoms with Gasteiger partial charge in [-0.15, -0.1) is 0 Å². The maximum atomic E-state index is 12.9. The fourth-order valence-electron chi connectivity index (χ4n) is 2.27. The summed E-state index contributed by atoms with van der Waals surface area (Å²) in [5.41, 5.74) is 2.45. The SMILES string of the molecule is CCc1cccc2c(NC(=O)c3ccc(F)cc3)n[nH]c12. The van der Waals surface area contributed by atoms with Crippen LogP contribution >= 0.6 is 0 Å². The van der Waals surface area contributed by atoms with Crippen molar-refractivity contribution in [2.24, 2.45) is 0 Å². The number of hydrogen-bond acceptors (Lipinski definition) is 2. The third kappa shape index (κ3) is 2.50. The summed E-state index contributed by atoms with van der Waals surface area (Å²) in [6.45, 7) is 2.06. The third-order valence-electron chi connectivity index (χ3n) is 3.40. The van der Waals surface area contributed by atoms with Crippen molar-refractivity contribution < 1.29 is 9.18 Å². The normalized spacial score (nSPS) is 10.8. The highest BCUT2D eigenvalue weighted by Crippen LogP contribution is 2.24. The first-order valence-electron chi connectivity index (χ1n) is 6.72. The Hall–Kier alpha value is -2.69. The number of amides is 1. The van der Waals surface area contributed by atoms with Crippen LogP contribution in [0.1, 0.15) is 22.8 Å². The van der Waals surface area contributed by atoms with Crippen LogP contribution in [0.2, 0.25) is 0 Å². The van der Waals surface area contributed by atoms with Crippen molar-refractivity contribution in [2.45, 2.75) is 13.3 Å². The lowest BCUT2D eigenvalue weighted by Gasteiger charge is -2.03. The largest absolute Gasteiger partial charge is 0.305 e. The van der Waals surface area contributed by atoms with E-state index in [1.807, 2.05) is 18.2 Å². The first-order chi connectivity index (χ1) is 10.2. The van der Waals surface area contributed by atoms with Crippen LogP contribution < -0.4 is 5.32 Å². The summed E-state index contributed by atoms with van der Waals surface area (Å²) >= 11 is 0. The van der Waals surface area contributed by atoms with Crippen LogP contribution in [-0.2, 0) is 6.42 Å². The van der Waals surface area contributed by atoms with Gasteiger partial charge in [0, 0.05) is 10.9 Å². The summed E-state index contributed by atoms with van der Waals surface area (Å²) in [7, 11) is 0. The number of halogens is 1. The van der Waals surface area contributed by atoms with E-state index < -0.39 is 0 Å². The molecule has 0 aliphatic rings. The molecule has 3 rings (SSSR count). The number of hydrogen-bond donors (Lipinski definition) is 2. The summed E-state index contributed by atoms with van der Waals surface area (Å²) in [6.07, 6.45) is 0.880. The molecule has 106 valence electrons. The van der Waals surface area contributed by atoms with Gasteiger partial charge in [0.2, 0.25) is 0 Å². The van der Waals surface area contributed by atoms with Crippen molar-refractivity contribution in [3.8, 4) is 0 Å². The zero-order valence-electron chi connectivity index (χ0n) is 11.5. The standard InChI is InChI=1S/C16H14FN3O/c1-2-10-4-3-5-13-14(10)19-20-15(13)18-16(21)11-6-8-12(17)9-7-11/h3-9H,2H2,1H3,(H2,18,19,20,21). The van der Waals surface area contributed by atoms with Crippen LogP contribution in [0.5, 0.6) is 0 Å². The van der Waals surface area contributed by atoms with Crippen molar-refractivity contribution in [2.75, 3.05) is 5.32 Å². The van der Waals surface area contributed by atoms with Crippen LogP contribution in [0.25, 0.3) is 10.9 Å². The molecule has 0 spiro atoms. The number of aromatic amines is 1. The van der Waals surface area contributed by atoms with Gasteiger partial charge >= 0.3 is 0 Å². The molecule has 0 atom stereocenters.